The molecule has 2 N–H and O–H groups in total. The quantitative estimate of drug-likeness (QED) is 0.710. The van der Waals surface area contributed by atoms with Crippen LogP contribution < -0.4 is 5.73 Å². The van der Waals surface area contributed by atoms with Crippen LogP contribution in [0.25, 0.3) is 0 Å². The van der Waals surface area contributed by atoms with Crippen molar-refractivity contribution in [2.45, 2.75) is 39.2 Å². The number of nitrogens with zero attached hydrogens (tertiary/aromatic N) is 1. The van der Waals surface area contributed by atoms with E-state index in [0.29, 0.717) is 12.3 Å². The van der Waals surface area contributed by atoms with Crippen molar-refractivity contribution in [1.29, 1.82) is 0 Å². The lowest BCUT2D eigenvalue weighted by molar-refractivity contribution is -0.139. The Bertz CT molecular complexity index is 193. The molecule has 0 aromatic heterocycles. The number of carbonyl (C=O) groups is 1. The summed E-state index contributed by atoms with van der Waals surface area (Å²) in [7, 11) is 0. The fourth-order valence-electron chi connectivity index (χ4n) is 1.57. The molecule has 0 aromatic carbocycles. The maximum Gasteiger partial charge on any atom is 0.222 e. The molecule has 3 heteroatoms. The predicted octanol–water partition coefficient (Wildman–Crippen LogP) is 0.982. The number of likely N-dealkylation sites (tertiary alicyclic amines) is 1. The second kappa shape index (κ2) is 3.66. The molecule has 0 bridgehead atoms. The van der Waals surface area contributed by atoms with Gasteiger partial charge in [-0.15, -0.1) is 0 Å². The Morgan fingerprint density at radius 2 is 2.15 bits per heavy atom. The predicted molar refractivity (Wildman–Crippen MR) is 53.2 cm³/mol. The molecule has 1 saturated heterocycles. The minimum Gasteiger partial charge on any atom is -0.339 e. The SMILES string of the molecule is CCC(C)CC(=O)N1CC(C)(N)C1. The van der Waals surface area contributed by atoms with Gasteiger partial charge in [0.05, 0.1) is 0 Å². The first kappa shape index (κ1) is 10.5. The molecule has 0 saturated carbocycles. The average Bonchev–Trinajstić information content (AvgIpc) is 1.99. The maximum atomic E-state index is 11.6. The summed E-state index contributed by atoms with van der Waals surface area (Å²) in [5.74, 6) is 0.759. The van der Waals surface area contributed by atoms with Gasteiger partial charge in [-0.3, -0.25) is 4.79 Å². The van der Waals surface area contributed by atoms with Crippen LogP contribution in [0, 0.1) is 5.92 Å². The van der Waals surface area contributed by atoms with Gasteiger partial charge in [0.15, 0.2) is 0 Å². The molecule has 1 aliphatic rings. The van der Waals surface area contributed by atoms with Gasteiger partial charge in [-0.1, -0.05) is 20.3 Å². The molecule has 1 fully saturated rings. The van der Waals surface area contributed by atoms with Crippen LogP contribution in [0.5, 0.6) is 0 Å². The molecule has 76 valence electrons. The van der Waals surface area contributed by atoms with Crippen molar-refractivity contribution in [2.24, 2.45) is 11.7 Å². The highest BCUT2D eigenvalue weighted by Crippen LogP contribution is 2.20. The smallest absolute Gasteiger partial charge is 0.222 e. The summed E-state index contributed by atoms with van der Waals surface area (Å²) in [5, 5.41) is 0. The van der Waals surface area contributed by atoms with Crippen LogP contribution in [-0.2, 0) is 4.79 Å². The molecule has 1 amide bonds. The lowest BCUT2D eigenvalue weighted by Gasteiger charge is -2.45. The molecule has 3 nitrogen and oxygen atoms in total. The van der Waals surface area contributed by atoms with Crippen LogP contribution in [0.15, 0.2) is 0 Å². The Labute approximate surface area is 80.3 Å². The van der Waals surface area contributed by atoms with Gasteiger partial charge in [0, 0.05) is 25.0 Å². The number of hydrogen-bond acceptors (Lipinski definition) is 2. The average molecular weight is 184 g/mol. The van der Waals surface area contributed by atoms with Gasteiger partial charge in [-0.2, -0.15) is 0 Å². The standard InChI is InChI=1S/C10H20N2O/c1-4-8(2)5-9(13)12-6-10(3,11)7-12/h8H,4-7,11H2,1-3H3. The summed E-state index contributed by atoms with van der Waals surface area (Å²) in [4.78, 5) is 13.4. The molecular weight excluding hydrogens is 164 g/mol. The van der Waals surface area contributed by atoms with Crippen molar-refractivity contribution < 1.29 is 4.79 Å². The van der Waals surface area contributed by atoms with Crippen molar-refractivity contribution in [1.82, 2.24) is 4.90 Å². The van der Waals surface area contributed by atoms with Gasteiger partial charge >= 0.3 is 0 Å². The molecule has 1 rings (SSSR count). The highest BCUT2D eigenvalue weighted by atomic mass is 16.2. The van der Waals surface area contributed by atoms with E-state index in [4.69, 9.17) is 5.73 Å². The highest BCUT2D eigenvalue weighted by Gasteiger charge is 2.37. The molecular formula is C10H20N2O. The van der Waals surface area contributed by atoms with Crippen molar-refractivity contribution in [3.05, 3.63) is 0 Å². The normalized spacial score (nSPS) is 22.3. The largest absolute Gasteiger partial charge is 0.339 e. The number of carbonyl (C=O) groups excluding carboxylic acids is 1. The van der Waals surface area contributed by atoms with Crippen LogP contribution >= 0.6 is 0 Å². The minimum absolute atomic E-state index is 0.134. The molecule has 0 radical (unpaired) electrons. The van der Waals surface area contributed by atoms with Crippen molar-refractivity contribution in [3.8, 4) is 0 Å². The molecule has 1 heterocycles. The molecule has 0 spiro atoms. The van der Waals surface area contributed by atoms with Gasteiger partial charge < -0.3 is 10.6 Å². The van der Waals surface area contributed by atoms with E-state index in [2.05, 4.69) is 13.8 Å². The third kappa shape index (κ3) is 2.69. The van der Waals surface area contributed by atoms with E-state index in [9.17, 15) is 4.79 Å². The second-order valence-electron chi connectivity index (χ2n) is 4.62. The van der Waals surface area contributed by atoms with Gasteiger partial charge in [-0.05, 0) is 12.8 Å². The van der Waals surface area contributed by atoms with E-state index >= 15 is 0 Å². The summed E-state index contributed by atoms with van der Waals surface area (Å²) in [6.07, 6.45) is 1.74. The molecule has 13 heavy (non-hydrogen) atoms. The third-order valence-corrected chi connectivity index (χ3v) is 2.68. The molecule has 1 unspecified atom stereocenters. The van der Waals surface area contributed by atoms with E-state index in [-0.39, 0.29) is 11.4 Å². The second-order valence-corrected chi connectivity index (χ2v) is 4.62. The Morgan fingerprint density at radius 3 is 2.54 bits per heavy atom. The first-order chi connectivity index (χ1) is 5.94. The number of amides is 1. The topological polar surface area (TPSA) is 46.3 Å². The zero-order valence-corrected chi connectivity index (χ0v) is 8.84. The van der Waals surface area contributed by atoms with Gasteiger partial charge in [0.25, 0.3) is 0 Å². The number of nitrogens with two attached hydrogens (primary N) is 1. The molecule has 0 aromatic rings. The van der Waals surface area contributed by atoms with Crippen LogP contribution in [0.1, 0.15) is 33.6 Å². The van der Waals surface area contributed by atoms with E-state index in [1.54, 1.807) is 0 Å². The van der Waals surface area contributed by atoms with E-state index in [1.807, 2.05) is 11.8 Å². The van der Waals surface area contributed by atoms with Crippen molar-refractivity contribution in [2.75, 3.05) is 13.1 Å². The number of rotatable bonds is 3. The van der Waals surface area contributed by atoms with E-state index < -0.39 is 0 Å². The summed E-state index contributed by atoms with van der Waals surface area (Å²) < 4.78 is 0. The highest BCUT2D eigenvalue weighted by molar-refractivity contribution is 5.77. The summed E-state index contributed by atoms with van der Waals surface area (Å²) in [6.45, 7) is 7.66. The minimum atomic E-state index is -0.134. The summed E-state index contributed by atoms with van der Waals surface area (Å²) in [5.41, 5.74) is 5.69. The number of hydrogen-bond donors (Lipinski definition) is 1. The van der Waals surface area contributed by atoms with Gasteiger partial charge in [-0.25, -0.2) is 0 Å². The summed E-state index contributed by atoms with van der Waals surface area (Å²) >= 11 is 0. The third-order valence-electron chi connectivity index (χ3n) is 2.68. The zero-order chi connectivity index (χ0) is 10.1. The zero-order valence-electron chi connectivity index (χ0n) is 8.84. The Balaban J connectivity index is 2.27. The van der Waals surface area contributed by atoms with Crippen LogP contribution in [0.3, 0.4) is 0 Å². The Morgan fingerprint density at radius 1 is 1.62 bits per heavy atom. The first-order valence-electron chi connectivity index (χ1n) is 5.01. The lowest BCUT2D eigenvalue weighted by Crippen LogP contribution is -2.66. The van der Waals surface area contributed by atoms with Crippen molar-refractivity contribution >= 4 is 5.91 Å². The summed E-state index contributed by atoms with van der Waals surface area (Å²) in [6, 6.07) is 0. The fourth-order valence-corrected chi connectivity index (χ4v) is 1.57. The van der Waals surface area contributed by atoms with Crippen LogP contribution in [0.2, 0.25) is 0 Å². The Kier molecular flexibility index (Phi) is 2.96. The van der Waals surface area contributed by atoms with E-state index in [1.165, 1.54) is 0 Å². The lowest BCUT2D eigenvalue weighted by atomic mass is 9.92. The molecule has 1 atom stereocenters. The molecule has 1 aliphatic heterocycles. The fraction of sp³-hybridized carbons (Fsp3) is 0.900. The van der Waals surface area contributed by atoms with Crippen LogP contribution in [0.4, 0.5) is 0 Å². The monoisotopic (exact) mass is 184 g/mol. The van der Waals surface area contributed by atoms with Crippen molar-refractivity contribution in [3.63, 3.8) is 0 Å². The maximum absolute atomic E-state index is 11.6. The van der Waals surface area contributed by atoms with Gasteiger partial charge in [0.2, 0.25) is 5.91 Å². The molecule has 0 aliphatic carbocycles. The first-order valence-corrected chi connectivity index (χ1v) is 5.01. The Hall–Kier alpha value is -0.570. The van der Waals surface area contributed by atoms with E-state index in [0.717, 1.165) is 19.5 Å². The van der Waals surface area contributed by atoms with Gasteiger partial charge in [0.1, 0.15) is 0 Å². The van der Waals surface area contributed by atoms with Crippen LogP contribution in [-0.4, -0.2) is 29.4 Å².